The molecule has 29 heavy (non-hydrogen) atoms. The molecule has 6 nitrogen and oxygen atoms in total. The van der Waals surface area contributed by atoms with Crippen LogP contribution in [0.15, 0.2) is 4.42 Å². The molecule has 1 aliphatic carbocycles. The van der Waals surface area contributed by atoms with Crippen LogP contribution in [0.4, 0.5) is 0 Å². The fourth-order valence-corrected chi connectivity index (χ4v) is 5.18. The Hall–Kier alpha value is -1.85. The van der Waals surface area contributed by atoms with Gasteiger partial charge >= 0.3 is 0 Å². The van der Waals surface area contributed by atoms with Gasteiger partial charge in [-0.05, 0) is 57.8 Å². The SMILES string of the molecule is Cc1oc(C2CCN(C(=O)CC3CCCCC3)CC2)nc1C(=O)N1CCCCC1. The third-order valence-electron chi connectivity index (χ3n) is 7.04. The predicted octanol–water partition coefficient (Wildman–Crippen LogP) is 4.29. The van der Waals surface area contributed by atoms with Gasteiger partial charge in [-0.2, -0.15) is 0 Å². The zero-order valence-electron chi connectivity index (χ0n) is 17.8. The molecule has 0 unspecified atom stereocenters. The summed E-state index contributed by atoms with van der Waals surface area (Å²) in [5.41, 5.74) is 0.484. The molecule has 1 aromatic heterocycles. The number of piperidine rings is 2. The Morgan fingerprint density at radius 3 is 2.24 bits per heavy atom. The molecule has 0 radical (unpaired) electrons. The zero-order valence-corrected chi connectivity index (χ0v) is 17.8. The van der Waals surface area contributed by atoms with E-state index in [4.69, 9.17) is 4.42 Å². The third-order valence-corrected chi connectivity index (χ3v) is 7.04. The van der Waals surface area contributed by atoms with E-state index in [1.54, 1.807) is 0 Å². The maximum Gasteiger partial charge on any atom is 0.276 e. The summed E-state index contributed by atoms with van der Waals surface area (Å²) in [5, 5.41) is 0. The topological polar surface area (TPSA) is 66.7 Å². The number of nitrogens with zero attached hydrogens (tertiary/aromatic N) is 3. The summed E-state index contributed by atoms with van der Waals surface area (Å²) < 4.78 is 5.92. The molecule has 160 valence electrons. The second kappa shape index (κ2) is 9.31. The van der Waals surface area contributed by atoms with Gasteiger partial charge in [0, 0.05) is 38.5 Å². The number of rotatable bonds is 4. The van der Waals surface area contributed by atoms with Crippen LogP contribution in [-0.4, -0.2) is 52.8 Å². The van der Waals surface area contributed by atoms with Gasteiger partial charge in [0.25, 0.3) is 5.91 Å². The van der Waals surface area contributed by atoms with Crippen LogP contribution in [0.25, 0.3) is 0 Å². The van der Waals surface area contributed by atoms with Crippen molar-refractivity contribution in [2.45, 2.75) is 83.5 Å². The van der Waals surface area contributed by atoms with Crippen molar-refractivity contribution in [3.63, 3.8) is 0 Å². The van der Waals surface area contributed by atoms with E-state index >= 15 is 0 Å². The van der Waals surface area contributed by atoms with Crippen LogP contribution in [0.3, 0.4) is 0 Å². The Morgan fingerprint density at radius 2 is 1.55 bits per heavy atom. The van der Waals surface area contributed by atoms with Crippen molar-refractivity contribution in [1.29, 1.82) is 0 Å². The molecule has 0 N–H and O–H groups in total. The molecule has 2 amide bonds. The molecule has 0 atom stereocenters. The largest absolute Gasteiger partial charge is 0.445 e. The highest BCUT2D eigenvalue weighted by Crippen LogP contribution is 2.31. The lowest BCUT2D eigenvalue weighted by Crippen LogP contribution is -2.39. The lowest BCUT2D eigenvalue weighted by molar-refractivity contribution is -0.133. The van der Waals surface area contributed by atoms with E-state index in [2.05, 4.69) is 4.98 Å². The van der Waals surface area contributed by atoms with Gasteiger partial charge in [-0.25, -0.2) is 4.98 Å². The van der Waals surface area contributed by atoms with Gasteiger partial charge < -0.3 is 14.2 Å². The number of aromatic nitrogens is 1. The molecule has 4 rings (SSSR count). The average molecular weight is 402 g/mol. The number of likely N-dealkylation sites (tertiary alicyclic amines) is 2. The molecule has 3 aliphatic rings. The minimum atomic E-state index is 0.0114. The van der Waals surface area contributed by atoms with E-state index in [0.717, 1.165) is 58.3 Å². The maximum absolute atomic E-state index is 12.8. The third kappa shape index (κ3) is 4.84. The van der Waals surface area contributed by atoms with Crippen LogP contribution in [0.5, 0.6) is 0 Å². The van der Waals surface area contributed by atoms with E-state index in [0.29, 0.717) is 29.2 Å². The van der Waals surface area contributed by atoms with E-state index in [1.165, 1.54) is 38.5 Å². The fourth-order valence-electron chi connectivity index (χ4n) is 5.18. The smallest absolute Gasteiger partial charge is 0.276 e. The normalized spacial score (nSPS) is 22.1. The molecule has 0 aromatic carbocycles. The van der Waals surface area contributed by atoms with Gasteiger partial charge in [0.1, 0.15) is 5.76 Å². The molecule has 2 saturated heterocycles. The average Bonchev–Trinajstić information content (AvgIpc) is 3.16. The summed E-state index contributed by atoms with van der Waals surface area (Å²) in [6.07, 6.45) is 12.1. The highest BCUT2D eigenvalue weighted by molar-refractivity contribution is 5.93. The first kappa shape index (κ1) is 20.4. The number of hydrogen-bond acceptors (Lipinski definition) is 4. The lowest BCUT2D eigenvalue weighted by atomic mass is 9.86. The number of aryl methyl sites for hydroxylation is 1. The first-order valence-corrected chi connectivity index (χ1v) is 11.7. The fraction of sp³-hybridized carbons (Fsp3) is 0.783. The van der Waals surface area contributed by atoms with Gasteiger partial charge in [-0.1, -0.05) is 19.3 Å². The summed E-state index contributed by atoms with van der Waals surface area (Å²) in [6.45, 7) is 5.03. The molecule has 3 fully saturated rings. The van der Waals surface area contributed by atoms with Crippen LogP contribution in [-0.2, 0) is 4.79 Å². The predicted molar refractivity (Wildman–Crippen MR) is 111 cm³/mol. The zero-order chi connectivity index (χ0) is 20.2. The number of hydrogen-bond donors (Lipinski definition) is 0. The minimum absolute atomic E-state index is 0.0114. The number of carbonyl (C=O) groups excluding carboxylic acids is 2. The Morgan fingerprint density at radius 1 is 0.897 bits per heavy atom. The van der Waals surface area contributed by atoms with Crippen molar-refractivity contribution in [1.82, 2.24) is 14.8 Å². The summed E-state index contributed by atoms with van der Waals surface area (Å²) in [6, 6.07) is 0. The van der Waals surface area contributed by atoms with Crippen LogP contribution >= 0.6 is 0 Å². The van der Waals surface area contributed by atoms with Crippen LogP contribution in [0, 0.1) is 12.8 Å². The van der Waals surface area contributed by atoms with Crippen LogP contribution < -0.4 is 0 Å². The Bertz CT molecular complexity index is 709. The van der Waals surface area contributed by atoms with E-state index in [9.17, 15) is 9.59 Å². The van der Waals surface area contributed by atoms with E-state index in [-0.39, 0.29) is 11.8 Å². The van der Waals surface area contributed by atoms with Crippen molar-refractivity contribution in [2.75, 3.05) is 26.2 Å². The Labute approximate surface area is 174 Å². The molecule has 3 heterocycles. The highest BCUT2D eigenvalue weighted by Gasteiger charge is 2.31. The number of oxazole rings is 1. The molecular weight excluding hydrogens is 366 g/mol. The van der Waals surface area contributed by atoms with Crippen molar-refractivity contribution in [2.24, 2.45) is 5.92 Å². The monoisotopic (exact) mass is 401 g/mol. The number of carbonyl (C=O) groups is 2. The first-order valence-electron chi connectivity index (χ1n) is 11.7. The molecule has 6 heteroatoms. The second-order valence-electron chi connectivity index (χ2n) is 9.17. The van der Waals surface area contributed by atoms with Gasteiger partial charge in [0.2, 0.25) is 5.91 Å². The van der Waals surface area contributed by atoms with Crippen molar-refractivity contribution >= 4 is 11.8 Å². The molecule has 1 aromatic rings. The van der Waals surface area contributed by atoms with Gasteiger partial charge in [-0.3, -0.25) is 9.59 Å². The van der Waals surface area contributed by atoms with Gasteiger partial charge in [0.05, 0.1) is 0 Å². The molecule has 2 aliphatic heterocycles. The number of amides is 2. The lowest BCUT2D eigenvalue weighted by Gasteiger charge is -2.32. The quantitative estimate of drug-likeness (QED) is 0.755. The first-order chi connectivity index (χ1) is 14.1. The van der Waals surface area contributed by atoms with Gasteiger partial charge in [-0.15, -0.1) is 0 Å². The van der Waals surface area contributed by atoms with Crippen molar-refractivity contribution in [3.8, 4) is 0 Å². The van der Waals surface area contributed by atoms with Crippen molar-refractivity contribution < 1.29 is 14.0 Å². The second-order valence-corrected chi connectivity index (χ2v) is 9.17. The summed E-state index contributed by atoms with van der Waals surface area (Å²) in [5.74, 6) is 2.44. The summed E-state index contributed by atoms with van der Waals surface area (Å²) in [4.78, 5) is 34.0. The molecule has 0 spiro atoms. The summed E-state index contributed by atoms with van der Waals surface area (Å²) >= 11 is 0. The van der Waals surface area contributed by atoms with Crippen LogP contribution in [0.1, 0.15) is 98.7 Å². The molecular formula is C23H35N3O3. The Kier molecular flexibility index (Phi) is 6.56. The summed E-state index contributed by atoms with van der Waals surface area (Å²) in [7, 11) is 0. The standard InChI is InChI=1S/C23H35N3O3/c1-17-21(23(28)26-12-6-3-7-13-26)24-22(29-17)19-10-14-25(15-11-19)20(27)16-18-8-4-2-5-9-18/h18-19H,2-16H2,1H3. The van der Waals surface area contributed by atoms with Crippen LogP contribution in [0.2, 0.25) is 0 Å². The van der Waals surface area contributed by atoms with Crippen molar-refractivity contribution in [3.05, 3.63) is 17.3 Å². The molecule has 1 saturated carbocycles. The van der Waals surface area contributed by atoms with E-state index in [1.807, 2.05) is 16.7 Å². The Balaban J connectivity index is 1.31. The molecule has 0 bridgehead atoms. The van der Waals surface area contributed by atoms with Gasteiger partial charge in [0.15, 0.2) is 11.6 Å². The highest BCUT2D eigenvalue weighted by atomic mass is 16.4. The minimum Gasteiger partial charge on any atom is -0.445 e. The van der Waals surface area contributed by atoms with E-state index < -0.39 is 0 Å². The maximum atomic E-state index is 12.8.